The number of rotatable bonds is 6. The molecule has 0 spiro atoms. The molecule has 10 heteroatoms. The van der Waals surface area contributed by atoms with E-state index in [4.69, 9.17) is 4.74 Å². The maximum absolute atomic E-state index is 13.8. The lowest BCUT2D eigenvalue weighted by Crippen LogP contribution is -2.60. The number of hydrogen-bond acceptors (Lipinski definition) is 6. The van der Waals surface area contributed by atoms with Crippen LogP contribution in [0.3, 0.4) is 0 Å². The predicted molar refractivity (Wildman–Crippen MR) is 105 cm³/mol. The third-order valence-corrected chi connectivity index (χ3v) is 5.24. The Labute approximate surface area is 177 Å². The zero-order valence-electron chi connectivity index (χ0n) is 16.9. The predicted octanol–water partition coefficient (Wildman–Crippen LogP) is 0.819. The monoisotopic (exact) mass is 435 g/mol. The average Bonchev–Trinajstić information content (AvgIpc) is 2.73. The van der Waals surface area contributed by atoms with Crippen molar-refractivity contribution in [3.63, 3.8) is 0 Å². The van der Waals surface area contributed by atoms with E-state index in [0.717, 1.165) is 12.3 Å². The molecular formula is C21H23F2N3O5. The Hall–Kier alpha value is -3.11. The van der Waals surface area contributed by atoms with E-state index in [1.807, 2.05) is 6.92 Å². The Morgan fingerprint density at radius 1 is 1.39 bits per heavy atom. The van der Waals surface area contributed by atoms with E-state index in [1.165, 1.54) is 11.0 Å². The number of carbonyl (C=O) groups is 3. The maximum Gasteiger partial charge on any atom is 0.272 e. The second-order valence-electron chi connectivity index (χ2n) is 7.32. The van der Waals surface area contributed by atoms with Gasteiger partial charge in [0, 0.05) is 30.4 Å². The molecule has 2 heterocycles. The molecule has 2 aliphatic heterocycles. The van der Waals surface area contributed by atoms with Gasteiger partial charge >= 0.3 is 0 Å². The smallest absolute Gasteiger partial charge is 0.272 e. The molecule has 3 rings (SSSR count). The van der Waals surface area contributed by atoms with Crippen molar-refractivity contribution in [3.05, 3.63) is 59.4 Å². The molecule has 166 valence electrons. The summed E-state index contributed by atoms with van der Waals surface area (Å²) in [6.07, 6.45) is 1.25. The van der Waals surface area contributed by atoms with Gasteiger partial charge in [-0.3, -0.25) is 14.4 Å². The molecular weight excluding hydrogens is 412 g/mol. The van der Waals surface area contributed by atoms with E-state index in [9.17, 15) is 28.3 Å². The average molecular weight is 435 g/mol. The Morgan fingerprint density at radius 3 is 2.81 bits per heavy atom. The number of ether oxygens (including phenoxy) is 1. The second-order valence-corrected chi connectivity index (χ2v) is 7.32. The fraction of sp³-hybridized carbons (Fsp3) is 0.381. The lowest BCUT2D eigenvalue weighted by Gasteiger charge is -2.47. The lowest BCUT2D eigenvalue weighted by atomic mass is 10.1. The molecule has 2 saturated heterocycles. The van der Waals surface area contributed by atoms with Crippen LogP contribution >= 0.6 is 0 Å². The first-order chi connectivity index (χ1) is 14.7. The number of amides is 2. The van der Waals surface area contributed by atoms with Gasteiger partial charge in [-0.15, -0.1) is 0 Å². The third-order valence-electron chi connectivity index (χ3n) is 5.24. The molecule has 1 aromatic rings. The minimum atomic E-state index is -0.943. The number of piperazine rings is 1. The molecule has 2 fully saturated rings. The maximum atomic E-state index is 13.8. The van der Waals surface area contributed by atoms with Gasteiger partial charge in [0.25, 0.3) is 11.8 Å². The van der Waals surface area contributed by atoms with Crippen molar-refractivity contribution in [2.75, 3.05) is 19.8 Å². The van der Waals surface area contributed by atoms with Crippen molar-refractivity contribution >= 4 is 17.6 Å². The lowest BCUT2D eigenvalue weighted by molar-refractivity contribution is -0.169. The number of nitrogens with zero attached hydrogens (tertiary/aromatic N) is 2. The molecule has 8 nitrogen and oxygen atoms in total. The Morgan fingerprint density at radius 2 is 2.13 bits per heavy atom. The number of benzene rings is 1. The quantitative estimate of drug-likeness (QED) is 0.390. The van der Waals surface area contributed by atoms with Crippen LogP contribution in [0.1, 0.15) is 18.9 Å². The number of nitrogens with one attached hydrogen (secondary N) is 1. The number of fused-ring (bicyclic) bond motifs is 1. The van der Waals surface area contributed by atoms with Gasteiger partial charge in [-0.05, 0) is 19.4 Å². The molecule has 0 unspecified atom stereocenters. The highest BCUT2D eigenvalue weighted by Crippen LogP contribution is 2.27. The van der Waals surface area contributed by atoms with Gasteiger partial charge in [-0.2, -0.15) is 0 Å². The fourth-order valence-electron chi connectivity index (χ4n) is 3.46. The Balaban J connectivity index is 1.79. The van der Waals surface area contributed by atoms with Crippen LogP contribution in [0.2, 0.25) is 0 Å². The van der Waals surface area contributed by atoms with Gasteiger partial charge in [-0.25, -0.2) is 8.78 Å². The van der Waals surface area contributed by atoms with Crippen LogP contribution < -0.4 is 5.32 Å². The third kappa shape index (κ3) is 4.80. The summed E-state index contributed by atoms with van der Waals surface area (Å²) in [5, 5.41) is 11.6. The number of halogens is 2. The molecule has 31 heavy (non-hydrogen) atoms. The molecule has 0 aromatic heterocycles. The van der Waals surface area contributed by atoms with Gasteiger partial charge in [0.2, 0.25) is 0 Å². The number of hydrogen-bond donors (Lipinski definition) is 2. The van der Waals surface area contributed by atoms with Crippen LogP contribution in [-0.4, -0.2) is 64.5 Å². The van der Waals surface area contributed by atoms with E-state index in [1.54, 1.807) is 4.90 Å². The summed E-state index contributed by atoms with van der Waals surface area (Å²) >= 11 is 0. The number of ketones is 1. The molecule has 0 radical (unpaired) electrons. The highest BCUT2D eigenvalue weighted by atomic mass is 19.1. The second kappa shape index (κ2) is 9.36. The summed E-state index contributed by atoms with van der Waals surface area (Å²) in [5.74, 6) is -3.77. The van der Waals surface area contributed by atoms with Gasteiger partial charge in [0.15, 0.2) is 12.0 Å². The Bertz CT molecular complexity index is 949. The zero-order chi connectivity index (χ0) is 22.7. The molecule has 0 aliphatic carbocycles. The highest BCUT2D eigenvalue weighted by molar-refractivity contribution is 6.19. The summed E-state index contributed by atoms with van der Waals surface area (Å²) in [6.45, 7) is 5.02. The molecule has 2 atom stereocenters. The minimum Gasteiger partial charge on any atom is -0.388 e. The van der Waals surface area contributed by atoms with Crippen LogP contribution in [0.25, 0.3) is 0 Å². The standard InChI is InChI=1S/C21H23F2N3O5/c1-12-5-6-31-19-10-25(13(2)21(30)26(12)19)9-16(18(28)11-27)20(29)24-8-14-3-4-15(22)7-17(14)23/h3-4,7,9,12,19,27H,2,5-6,8,10-11H2,1H3,(H,24,29)/b16-9+/t12-,19+/m1/s1. The van der Waals surface area contributed by atoms with E-state index in [2.05, 4.69) is 11.9 Å². The topological polar surface area (TPSA) is 99.2 Å². The van der Waals surface area contributed by atoms with Crippen molar-refractivity contribution in [1.29, 1.82) is 0 Å². The number of aliphatic hydroxyl groups is 1. The first-order valence-electron chi connectivity index (χ1n) is 9.70. The van der Waals surface area contributed by atoms with Crippen LogP contribution in [0.15, 0.2) is 42.2 Å². The van der Waals surface area contributed by atoms with Crippen molar-refractivity contribution in [3.8, 4) is 0 Å². The SMILES string of the molecule is C=C1C(=O)N2[C@H](C)CCO[C@H]2CN1/C=C(\C(=O)CO)C(=O)NCc1ccc(F)cc1F. The Kier molecular flexibility index (Phi) is 6.81. The highest BCUT2D eigenvalue weighted by Gasteiger charge is 2.40. The first-order valence-corrected chi connectivity index (χ1v) is 9.70. The van der Waals surface area contributed by atoms with Crippen LogP contribution in [0, 0.1) is 11.6 Å². The molecule has 2 aliphatic rings. The van der Waals surface area contributed by atoms with Crippen LogP contribution in [0.5, 0.6) is 0 Å². The molecule has 1 aromatic carbocycles. The largest absolute Gasteiger partial charge is 0.388 e. The molecule has 2 N–H and O–H groups in total. The molecule has 0 bridgehead atoms. The van der Waals surface area contributed by atoms with Crippen molar-refractivity contribution in [2.45, 2.75) is 32.2 Å². The zero-order valence-corrected chi connectivity index (χ0v) is 16.9. The normalized spacial score (nSPS) is 21.7. The molecule has 0 saturated carbocycles. The van der Waals surface area contributed by atoms with Crippen molar-refractivity contribution in [1.82, 2.24) is 15.1 Å². The fourth-order valence-corrected chi connectivity index (χ4v) is 3.46. The summed E-state index contributed by atoms with van der Waals surface area (Å²) in [6, 6.07) is 2.85. The number of aliphatic hydroxyl groups excluding tert-OH is 1. The number of Topliss-reactive ketones (excluding diaryl/α,β-unsaturated/α-hetero) is 1. The van der Waals surface area contributed by atoms with Gasteiger partial charge in [0.05, 0.1) is 18.8 Å². The van der Waals surface area contributed by atoms with Crippen molar-refractivity contribution < 1.29 is 33.0 Å². The van der Waals surface area contributed by atoms with Crippen LogP contribution in [0.4, 0.5) is 8.78 Å². The summed E-state index contributed by atoms with van der Waals surface area (Å²) in [5.41, 5.74) is -0.367. The summed E-state index contributed by atoms with van der Waals surface area (Å²) < 4.78 is 32.5. The summed E-state index contributed by atoms with van der Waals surface area (Å²) in [7, 11) is 0. The van der Waals surface area contributed by atoms with Gasteiger partial charge in [0.1, 0.15) is 23.8 Å². The van der Waals surface area contributed by atoms with E-state index in [0.29, 0.717) is 19.1 Å². The first kappa shape index (κ1) is 22.6. The van der Waals surface area contributed by atoms with E-state index >= 15 is 0 Å². The molecule has 2 amide bonds. The summed E-state index contributed by atoms with van der Waals surface area (Å²) in [4.78, 5) is 40.4. The van der Waals surface area contributed by atoms with Gasteiger partial charge < -0.3 is 25.0 Å². The van der Waals surface area contributed by atoms with Crippen molar-refractivity contribution in [2.24, 2.45) is 0 Å². The van der Waals surface area contributed by atoms with E-state index < -0.39 is 41.7 Å². The van der Waals surface area contributed by atoms with Gasteiger partial charge in [-0.1, -0.05) is 12.6 Å². The number of carbonyl (C=O) groups excluding carboxylic acids is 3. The van der Waals surface area contributed by atoms with Crippen LogP contribution in [-0.2, 0) is 25.7 Å². The van der Waals surface area contributed by atoms with E-state index in [-0.39, 0.29) is 36.3 Å². The minimum absolute atomic E-state index is 0.0170.